The molecule has 96 valence electrons. The largest absolute Gasteiger partial charge is 0.436 e. The Hall–Kier alpha value is -1.66. The van der Waals surface area contributed by atoms with Gasteiger partial charge < -0.3 is 4.74 Å². The fourth-order valence-electron chi connectivity index (χ4n) is 1.78. The standard InChI is InChI=1S/C13H8BrNO3S/c14-10-6-2-3-7-11(10)18-13-9-5-1-4-8-12(9)19(16,17)15-13/h1-8H. The van der Waals surface area contributed by atoms with Crippen molar-refractivity contribution in [1.82, 2.24) is 0 Å². The van der Waals surface area contributed by atoms with E-state index in [-0.39, 0.29) is 10.8 Å². The Balaban J connectivity index is 2.07. The summed E-state index contributed by atoms with van der Waals surface area (Å²) < 4.78 is 33.7. The second-order valence-corrected chi connectivity index (χ2v) is 6.33. The molecule has 0 aliphatic carbocycles. The fourth-order valence-corrected chi connectivity index (χ4v) is 3.28. The highest BCUT2D eigenvalue weighted by Gasteiger charge is 2.30. The van der Waals surface area contributed by atoms with Gasteiger partial charge in [-0.25, -0.2) is 0 Å². The Morgan fingerprint density at radius 1 is 1.00 bits per heavy atom. The van der Waals surface area contributed by atoms with E-state index in [1.807, 2.05) is 12.1 Å². The predicted molar refractivity (Wildman–Crippen MR) is 74.9 cm³/mol. The van der Waals surface area contributed by atoms with Gasteiger partial charge in [0.25, 0.3) is 10.0 Å². The third kappa shape index (κ3) is 2.17. The molecule has 0 radical (unpaired) electrons. The lowest BCUT2D eigenvalue weighted by atomic mass is 10.2. The van der Waals surface area contributed by atoms with Crippen molar-refractivity contribution >= 4 is 31.9 Å². The number of nitrogens with zero attached hydrogens (tertiary/aromatic N) is 1. The number of rotatable bonds is 1. The molecule has 0 fully saturated rings. The van der Waals surface area contributed by atoms with Gasteiger partial charge in [0.15, 0.2) is 0 Å². The molecule has 0 saturated heterocycles. The first-order chi connectivity index (χ1) is 9.08. The van der Waals surface area contributed by atoms with Gasteiger partial charge in [0.05, 0.1) is 10.0 Å². The van der Waals surface area contributed by atoms with Crippen LogP contribution < -0.4 is 4.74 Å². The van der Waals surface area contributed by atoms with Crippen LogP contribution in [0.5, 0.6) is 5.75 Å². The van der Waals surface area contributed by atoms with E-state index in [4.69, 9.17) is 4.74 Å². The number of fused-ring (bicyclic) bond motifs is 1. The smallest absolute Gasteiger partial charge is 0.286 e. The lowest BCUT2D eigenvalue weighted by Gasteiger charge is -2.06. The van der Waals surface area contributed by atoms with Crippen LogP contribution in [0, 0.1) is 0 Å². The van der Waals surface area contributed by atoms with Crippen LogP contribution >= 0.6 is 15.9 Å². The molecule has 3 rings (SSSR count). The molecule has 1 heterocycles. The summed E-state index contributed by atoms with van der Waals surface area (Å²) in [5, 5.41) is 0. The average Bonchev–Trinajstić information content (AvgIpc) is 2.65. The monoisotopic (exact) mass is 337 g/mol. The maximum atomic E-state index is 11.9. The summed E-state index contributed by atoms with van der Waals surface area (Å²) in [5.41, 5.74) is 0.484. The SMILES string of the molecule is O=S1(=O)N=C(Oc2ccccc2Br)c2ccccc21. The van der Waals surface area contributed by atoms with Crippen LogP contribution in [0.15, 0.2) is 62.3 Å². The molecular weight excluding hydrogens is 330 g/mol. The molecule has 0 amide bonds. The maximum Gasteiger partial charge on any atom is 0.286 e. The number of benzene rings is 2. The minimum Gasteiger partial charge on any atom is -0.436 e. The van der Waals surface area contributed by atoms with Gasteiger partial charge in [-0.05, 0) is 40.2 Å². The van der Waals surface area contributed by atoms with Crippen LogP contribution in [0.3, 0.4) is 0 Å². The first-order valence-corrected chi connectivity index (χ1v) is 7.68. The molecule has 0 spiro atoms. The van der Waals surface area contributed by atoms with Crippen molar-refractivity contribution in [2.75, 3.05) is 0 Å². The summed E-state index contributed by atoms with van der Waals surface area (Å²) in [5.74, 6) is 0.621. The van der Waals surface area contributed by atoms with Gasteiger partial charge in [-0.3, -0.25) is 0 Å². The number of sulfonamides is 1. The molecule has 19 heavy (non-hydrogen) atoms. The van der Waals surface area contributed by atoms with Crippen LogP contribution in [0.1, 0.15) is 5.56 Å². The van der Waals surface area contributed by atoms with E-state index in [9.17, 15) is 8.42 Å². The molecule has 0 aromatic heterocycles. The summed E-state index contributed by atoms with van der Waals surface area (Å²) >= 11 is 3.34. The van der Waals surface area contributed by atoms with Gasteiger partial charge in [0, 0.05) is 0 Å². The minimum atomic E-state index is -3.64. The van der Waals surface area contributed by atoms with Crippen LogP contribution in [0.2, 0.25) is 0 Å². The molecule has 0 unspecified atom stereocenters. The number of ether oxygens (including phenoxy) is 1. The van der Waals surface area contributed by atoms with Gasteiger partial charge in [0.2, 0.25) is 5.90 Å². The van der Waals surface area contributed by atoms with Crippen molar-refractivity contribution in [2.45, 2.75) is 4.90 Å². The van der Waals surface area contributed by atoms with E-state index in [1.165, 1.54) is 6.07 Å². The van der Waals surface area contributed by atoms with E-state index < -0.39 is 10.0 Å². The van der Waals surface area contributed by atoms with Gasteiger partial charge in [-0.15, -0.1) is 4.40 Å². The fraction of sp³-hybridized carbons (Fsp3) is 0. The number of hydrogen-bond donors (Lipinski definition) is 0. The Kier molecular flexibility index (Phi) is 2.91. The zero-order valence-electron chi connectivity index (χ0n) is 9.58. The third-order valence-corrected chi connectivity index (χ3v) is 4.61. The van der Waals surface area contributed by atoms with Gasteiger partial charge in [-0.1, -0.05) is 24.3 Å². The molecule has 0 N–H and O–H groups in total. The first kappa shape index (κ1) is 12.4. The summed E-state index contributed by atoms with van der Waals surface area (Å²) in [7, 11) is -3.64. The molecule has 2 aromatic rings. The molecular formula is C13H8BrNO3S. The van der Waals surface area contributed by atoms with E-state index in [2.05, 4.69) is 20.3 Å². The van der Waals surface area contributed by atoms with Crippen LogP contribution in [-0.4, -0.2) is 14.3 Å². The van der Waals surface area contributed by atoms with Gasteiger partial charge in [-0.2, -0.15) is 8.42 Å². The topological polar surface area (TPSA) is 55.7 Å². The van der Waals surface area contributed by atoms with Crippen molar-refractivity contribution in [3.05, 3.63) is 58.6 Å². The summed E-state index contributed by atoms with van der Waals surface area (Å²) in [4.78, 5) is 0.178. The molecule has 1 aliphatic heterocycles. The molecule has 0 bridgehead atoms. The zero-order chi connectivity index (χ0) is 13.5. The summed E-state index contributed by atoms with van der Waals surface area (Å²) in [6.07, 6.45) is 0. The number of hydrogen-bond acceptors (Lipinski definition) is 3. The lowest BCUT2D eigenvalue weighted by Crippen LogP contribution is -2.07. The molecule has 2 aromatic carbocycles. The molecule has 6 heteroatoms. The zero-order valence-corrected chi connectivity index (χ0v) is 12.0. The third-order valence-electron chi connectivity index (χ3n) is 2.64. The maximum absolute atomic E-state index is 11.9. The number of halogens is 1. The second kappa shape index (κ2) is 4.47. The van der Waals surface area contributed by atoms with Crippen molar-refractivity contribution in [3.63, 3.8) is 0 Å². The van der Waals surface area contributed by atoms with Gasteiger partial charge in [0.1, 0.15) is 10.6 Å². The second-order valence-electron chi connectivity index (χ2n) is 3.90. The molecule has 1 aliphatic rings. The highest BCUT2D eigenvalue weighted by Crippen LogP contribution is 2.30. The Labute approximate surface area is 118 Å². The molecule has 0 atom stereocenters. The van der Waals surface area contributed by atoms with Crippen molar-refractivity contribution in [3.8, 4) is 5.75 Å². The van der Waals surface area contributed by atoms with Crippen LogP contribution in [0.25, 0.3) is 0 Å². The summed E-state index contributed by atoms with van der Waals surface area (Å²) in [6, 6.07) is 13.8. The minimum absolute atomic E-state index is 0.0995. The first-order valence-electron chi connectivity index (χ1n) is 5.45. The lowest BCUT2D eigenvalue weighted by molar-refractivity contribution is 0.550. The van der Waals surface area contributed by atoms with Crippen LogP contribution in [-0.2, 0) is 10.0 Å². The molecule has 4 nitrogen and oxygen atoms in total. The normalized spacial score (nSPS) is 15.7. The van der Waals surface area contributed by atoms with Crippen molar-refractivity contribution in [2.24, 2.45) is 4.40 Å². The predicted octanol–water partition coefficient (Wildman–Crippen LogP) is 2.98. The van der Waals surface area contributed by atoms with Gasteiger partial charge >= 0.3 is 0 Å². The van der Waals surface area contributed by atoms with Crippen molar-refractivity contribution < 1.29 is 13.2 Å². The summed E-state index contributed by atoms with van der Waals surface area (Å²) in [6.45, 7) is 0. The Morgan fingerprint density at radius 3 is 2.47 bits per heavy atom. The highest BCUT2D eigenvalue weighted by atomic mass is 79.9. The van der Waals surface area contributed by atoms with E-state index >= 15 is 0 Å². The van der Waals surface area contributed by atoms with Crippen LogP contribution in [0.4, 0.5) is 0 Å². The number of para-hydroxylation sites is 1. The van der Waals surface area contributed by atoms with Crippen molar-refractivity contribution in [1.29, 1.82) is 0 Å². The Morgan fingerprint density at radius 2 is 1.68 bits per heavy atom. The molecule has 0 saturated carbocycles. The Bertz CT molecular complexity index is 784. The highest BCUT2D eigenvalue weighted by molar-refractivity contribution is 9.10. The van der Waals surface area contributed by atoms with E-state index in [1.54, 1.807) is 30.3 Å². The van der Waals surface area contributed by atoms with E-state index in [0.717, 1.165) is 4.47 Å². The quantitative estimate of drug-likeness (QED) is 0.803. The average molecular weight is 338 g/mol. The van der Waals surface area contributed by atoms with E-state index in [0.29, 0.717) is 11.3 Å².